The largest absolute Gasteiger partial charge is 0.433 e. The molecule has 4 aliphatic carbocycles. The number of carbonyl (C=O) groups excluding carboxylic acids is 1. The zero-order valence-corrected chi connectivity index (χ0v) is 22.4. The third kappa shape index (κ3) is 3.61. The number of alkyl halides is 3. The van der Waals surface area contributed by atoms with Gasteiger partial charge in [0.2, 0.25) is 0 Å². The van der Waals surface area contributed by atoms with Crippen LogP contribution in [0.2, 0.25) is 0 Å². The summed E-state index contributed by atoms with van der Waals surface area (Å²) in [5.74, 6) is 1.66. The Morgan fingerprint density at radius 1 is 1.00 bits per heavy atom. The summed E-state index contributed by atoms with van der Waals surface area (Å²) in [7, 11) is 1.69. The van der Waals surface area contributed by atoms with Crippen molar-refractivity contribution in [3.63, 3.8) is 0 Å². The van der Waals surface area contributed by atoms with Crippen molar-refractivity contribution in [1.82, 2.24) is 34.2 Å². The van der Waals surface area contributed by atoms with Crippen molar-refractivity contribution in [2.24, 2.45) is 24.8 Å². The molecular formula is C28H30F3N7O. The number of aryl methyl sites for hydroxylation is 3. The van der Waals surface area contributed by atoms with Gasteiger partial charge in [-0.3, -0.25) is 9.48 Å². The molecule has 11 heteroatoms. The van der Waals surface area contributed by atoms with Crippen LogP contribution in [-0.4, -0.2) is 40.1 Å². The van der Waals surface area contributed by atoms with E-state index in [-0.39, 0.29) is 22.3 Å². The minimum Gasteiger partial charge on any atom is -0.275 e. The average molecular weight is 538 g/mol. The first kappa shape index (κ1) is 24.5. The molecule has 0 N–H and O–H groups in total. The van der Waals surface area contributed by atoms with Crippen molar-refractivity contribution in [1.29, 1.82) is 0 Å². The van der Waals surface area contributed by atoms with E-state index in [2.05, 4.69) is 20.3 Å². The first-order valence-electron chi connectivity index (χ1n) is 13.5. The normalized spacial score (nSPS) is 26.2. The minimum absolute atomic E-state index is 0.0217. The second kappa shape index (κ2) is 8.02. The van der Waals surface area contributed by atoms with E-state index in [1.807, 2.05) is 13.8 Å². The highest BCUT2D eigenvalue weighted by Crippen LogP contribution is 2.61. The van der Waals surface area contributed by atoms with Gasteiger partial charge in [-0.05, 0) is 88.5 Å². The fraction of sp³-hybridized carbons (Fsp3) is 0.536. The van der Waals surface area contributed by atoms with Gasteiger partial charge in [0.1, 0.15) is 5.56 Å². The lowest BCUT2D eigenvalue weighted by atomic mass is 9.48. The lowest BCUT2D eigenvalue weighted by Gasteiger charge is -2.57. The number of nitrogens with zero attached hydrogens (tertiary/aromatic N) is 7. The van der Waals surface area contributed by atoms with E-state index in [1.165, 1.54) is 34.8 Å². The first-order chi connectivity index (χ1) is 18.4. The Labute approximate surface area is 223 Å². The third-order valence-corrected chi connectivity index (χ3v) is 9.33. The molecule has 8 rings (SSSR count). The fourth-order valence-corrected chi connectivity index (χ4v) is 8.44. The Kier molecular flexibility index (Phi) is 5.04. The molecule has 0 saturated heterocycles. The number of halogens is 3. The highest BCUT2D eigenvalue weighted by atomic mass is 19.4. The van der Waals surface area contributed by atoms with Gasteiger partial charge in [0.25, 0.3) is 5.91 Å². The molecule has 4 bridgehead atoms. The summed E-state index contributed by atoms with van der Waals surface area (Å²) >= 11 is 0. The molecule has 204 valence electrons. The van der Waals surface area contributed by atoms with Crippen LogP contribution in [0.3, 0.4) is 0 Å². The van der Waals surface area contributed by atoms with E-state index in [1.54, 1.807) is 20.2 Å². The summed E-state index contributed by atoms with van der Waals surface area (Å²) in [6, 6.07) is 0.951. The van der Waals surface area contributed by atoms with Gasteiger partial charge in [0.15, 0.2) is 11.3 Å². The number of fused-ring (bicyclic) bond motifs is 1. The Morgan fingerprint density at radius 2 is 1.64 bits per heavy atom. The van der Waals surface area contributed by atoms with Crippen LogP contribution < -0.4 is 0 Å². The molecule has 0 aromatic carbocycles. The molecule has 4 aromatic rings. The summed E-state index contributed by atoms with van der Waals surface area (Å²) < 4.78 is 45.9. The first-order valence-corrected chi connectivity index (χ1v) is 13.5. The van der Waals surface area contributed by atoms with Gasteiger partial charge in [-0.1, -0.05) is 0 Å². The maximum absolute atomic E-state index is 14.1. The maximum Gasteiger partial charge on any atom is 0.433 e. The minimum atomic E-state index is -4.71. The zero-order valence-electron chi connectivity index (χ0n) is 22.4. The summed E-state index contributed by atoms with van der Waals surface area (Å²) in [4.78, 5) is 18.4. The van der Waals surface area contributed by atoms with Crippen LogP contribution in [0.5, 0.6) is 0 Å². The molecule has 4 aliphatic rings. The van der Waals surface area contributed by atoms with Crippen LogP contribution >= 0.6 is 0 Å². The van der Waals surface area contributed by atoms with Gasteiger partial charge in [-0.2, -0.15) is 28.5 Å². The van der Waals surface area contributed by atoms with Crippen molar-refractivity contribution in [3.8, 4) is 11.3 Å². The molecule has 4 aromatic heterocycles. The average Bonchev–Trinajstić information content (AvgIpc) is 3.50. The van der Waals surface area contributed by atoms with Gasteiger partial charge in [-0.15, -0.1) is 0 Å². The highest BCUT2D eigenvalue weighted by Gasteiger charge is 2.53. The van der Waals surface area contributed by atoms with Gasteiger partial charge in [-0.25, -0.2) is 14.2 Å². The molecule has 0 radical (unpaired) electrons. The van der Waals surface area contributed by atoms with Crippen molar-refractivity contribution < 1.29 is 18.0 Å². The van der Waals surface area contributed by atoms with Gasteiger partial charge < -0.3 is 0 Å². The van der Waals surface area contributed by atoms with E-state index in [0.717, 1.165) is 60.0 Å². The zero-order chi connectivity index (χ0) is 27.4. The Bertz CT molecular complexity index is 1620. The van der Waals surface area contributed by atoms with E-state index in [9.17, 15) is 18.0 Å². The topological polar surface area (TPSA) is 82.9 Å². The summed E-state index contributed by atoms with van der Waals surface area (Å²) in [5.41, 5.74) is 2.68. The van der Waals surface area contributed by atoms with Crippen molar-refractivity contribution in [2.45, 2.75) is 70.9 Å². The number of carbonyl (C=O) groups is 1. The Hall–Kier alpha value is -3.50. The Balaban J connectivity index is 1.35. The molecule has 0 unspecified atom stereocenters. The van der Waals surface area contributed by atoms with E-state index < -0.39 is 17.8 Å². The summed E-state index contributed by atoms with van der Waals surface area (Å²) in [6.45, 7) is 5.57. The predicted octanol–water partition coefficient (Wildman–Crippen LogP) is 5.43. The van der Waals surface area contributed by atoms with Crippen molar-refractivity contribution in [3.05, 3.63) is 52.4 Å². The molecule has 39 heavy (non-hydrogen) atoms. The molecule has 4 fully saturated rings. The second-order valence-electron chi connectivity index (χ2n) is 12.1. The second-order valence-corrected chi connectivity index (χ2v) is 12.1. The van der Waals surface area contributed by atoms with Crippen LogP contribution in [0.1, 0.15) is 77.2 Å². The molecule has 4 saturated carbocycles. The van der Waals surface area contributed by atoms with Crippen LogP contribution in [0.4, 0.5) is 13.2 Å². The van der Waals surface area contributed by atoms with Crippen molar-refractivity contribution >= 4 is 11.6 Å². The molecular weight excluding hydrogens is 507 g/mol. The van der Waals surface area contributed by atoms with Crippen LogP contribution in [0, 0.1) is 38.5 Å². The molecule has 0 spiro atoms. The van der Waals surface area contributed by atoms with Crippen LogP contribution in [0.15, 0.2) is 18.5 Å². The number of hydrogen-bond donors (Lipinski definition) is 0. The molecule has 8 nitrogen and oxygen atoms in total. The van der Waals surface area contributed by atoms with Crippen LogP contribution in [0.25, 0.3) is 16.9 Å². The lowest BCUT2D eigenvalue weighted by molar-refractivity contribution is -0.142. The summed E-state index contributed by atoms with van der Waals surface area (Å²) in [6.07, 6.45) is 5.37. The quantitative estimate of drug-likeness (QED) is 0.348. The monoisotopic (exact) mass is 537 g/mol. The maximum atomic E-state index is 14.1. The predicted molar refractivity (Wildman–Crippen MR) is 136 cm³/mol. The van der Waals surface area contributed by atoms with Gasteiger partial charge >= 0.3 is 6.18 Å². The standard InChI is InChI=1S/C28H30F3N7O/c1-14-21(13-36(4)34-14)22-8-23(28(29,30)31)38-25(33-22)20(12-32-38)26(39)37-16(3)24(15(2)35-37)27-9-17-5-18(10-27)7-19(6-17)11-27/h8,12-13,17-19H,5-7,9-11H2,1-4H3. The van der Waals surface area contributed by atoms with Gasteiger partial charge in [0.05, 0.1) is 23.3 Å². The number of rotatable bonds is 3. The fourth-order valence-electron chi connectivity index (χ4n) is 8.44. The third-order valence-electron chi connectivity index (χ3n) is 9.33. The Morgan fingerprint density at radius 3 is 2.21 bits per heavy atom. The molecule has 0 aliphatic heterocycles. The smallest absolute Gasteiger partial charge is 0.275 e. The summed E-state index contributed by atoms with van der Waals surface area (Å²) in [5, 5.41) is 12.9. The van der Waals surface area contributed by atoms with Crippen LogP contribution in [-0.2, 0) is 18.6 Å². The molecule has 4 heterocycles. The highest BCUT2D eigenvalue weighted by molar-refractivity contribution is 6.01. The number of hydrogen-bond acceptors (Lipinski definition) is 5. The lowest BCUT2D eigenvalue weighted by Crippen LogP contribution is -2.49. The van der Waals surface area contributed by atoms with Crippen molar-refractivity contribution in [2.75, 3.05) is 0 Å². The molecule has 0 amide bonds. The SMILES string of the molecule is Cc1nn(C)cc1-c1cc(C(F)(F)F)n2ncc(C(=O)n3nc(C)c(C45CC6CC(CC(C6)C4)C5)c3C)c2n1. The van der Waals surface area contributed by atoms with E-state index in [4.69, 9.17) is 0 Å². The van der Waals surface area contributed by atoms with E-state index >= 15 is 0 Å². The molecule has 0 atom stereocenters. The van der Waals surface area contributed by atoms with E-state index in [0.29, 0.717) is 15.8 Å². The van der Waals surface area contributed by atoms with Gasteiger partial charge in [0, 0.05) is 30.1 Å². The number of aromatic nitrogens is 7.